The molecule has 3 aliphatic heterocycles. The molecule has 524 valence electrons. The lowest BCUT2D eigenvalue weighted by molar-refractivity contribution is -0.379. The Morgan fingerprint density at radius 3 is 1.18 bits per heavy atom. The molecule has 17 unspecified atom stereocenters. The van der Waals surface area contributed by atoms with Gasteiger partial charge < -0.3 is 89.9 Å². The summed E-state index contributed by atoms with van der Waals surface area (Å²) in [4.78, 5) is 13.3. The summed E-state index contributed by atoms with van der Waals surface area (Å²) in [6.07, 6.45) is 38.3. The van der Waals surface area contributed by atoms with E-state index < -0.39 is 124 Å². The maximum absolute atomic E-state index is 13.3. The van der Waals surface area contributed by atoms with E-state index in [-0.39, 0.29) is 18.9 Å². The molecule has 0 aromatic carbocycles. The van der Waals surface area contributed by atoms with Gasteiger partial charge in [-0.25, -0.2) is 0 Å². The number of hydrogen-bond acceptors (Lipinski definition) is 18. The first kappa shape index (κ1) is 81.7. The molecule has 3 fully saturated rings. The van der Waals surface area contributed by atoms with Gasteiger partial charge in [0, 0.05) is 6.42 Å². The molecule has 3 heterocycles. The monoisotopic (exact) mass is 1280 g/mol. The fourth-order valence-corrected chi connectivity index (χ4v) is 11.9. The molecule has 17 atom stereocenters. The Hall–Kier alpha value is -2.51. The normalized spacial score (nSPS) is 28.4. The van der Waals surface area contributed by atoms with Gasteiger partial charge in [-0.3, -0.25) is 4.79 Å². The van der Waals surface area contributed by atoms with Gasteiger partial charge in [0.2, 0.25) is 5.91 Å². The van der Waals surface area contributed by atoms with Gasteiger partial charge in [-0.2, -0.15) is 0 Å². The molecule has 0 radical (unpaired) electrons. The largest absolute Gasteiger partial charge is 0.394 e. The van der Waals surface area contributed by atoms with E-state index in [1.165, 1.54) is 173 Å². The highest BCUT2D eigenvalue weighted by Crippen LogP contribution is 2.33. The molecule has 12 N–H and O–H groups in total. The molecule has 19 heteroatoms. The van der Waals surface area contributed by atoms with Crippen LogP contribution in [-0.2, 0) is 33.2 Å². The van der Waals surface area contributed by atoms with Crippen LogP contribution in [0.15, 0.2) is 60.8 Å². The average Bonchev–Trinajstić information content (AvgIpc) is 0.851. The topological polar surface area (TPSA) is 307 Å². The Bertz CT molecular complexity index is 1870. The third-order valence-electron chi connectivity index (χ3n) is 17.6. The van der Waals surface area contributed by atoms with Gasteiger partial charge in [0.25, 0.3) is 0 Å². The third-order valence-corrected chi connectivity index (χ3v) is 17.6. The van der Waals surface area contributed by atoms with E-state index in [2.05, 4.69) is 55.6 Å². The minimum absolute atomic E-state index is 0.120. The van der Waals surface area contributed by atoms with Gasteiger partial charge in [-0.05, 0) is 44.9 Å². The first-order chi connectivity index (χ1) is 43.8. The number of aliphatic hydroxyl groups excluding tert-OH is 11. The van der Waals surface area contributed by atoms with Gasteiger partial charge in [-0.1, -0.05) is 261 Å². The van der Waals surface area contributed by atoms with Crippen molar-refractivity contribution in [1.29, 1.82) is 0 Å². The highest BCUT2D eigenvalue weighted by atomic mass is 16.8. The minimum atomic E-state index is -1.99. The summed E-state index contributed by atoms with van der Waals surface area (Å²) >= 11 is 0. The van der Waals surface area contributed by atoms with Crippen LogP contribution in [0.25, 0.3) is 0 Å². The number of aliphatic hydroxyl groups is 11. The molecule has 0 aromatic rings. The van der Waals surface area contributed by atoms with Crippen molar-refractivity contribution in [2.45, 2.75) is 356 Å². The molecule has 19 nitrogen and oxygen atoms in total. The van der Waals surface area contributed by atoms with Crippen molar-refractivity contribution in [2.24, 2.45) is 0 Å². The van der Waals surface area contributed by atoms with Crippen LogP contribution in [0.4, 0.5) is 0 Å². The lowest BCUT2D eigenvalue weighted by atomic mass is 9.96. The van der Waals surface area contributed by atoms with Crippen LogP contribution >= 0.6 is 0 Å². The van der Waals surface area contributed by atoms with E-state index in [0.717, 1.165) is 44.9 Å². The van der Waals surface area contributed by atoms with Crippen LogP contribution in [0.1, 0.15) is 251 Å². The number of allylic oxidation sites excluding steroid dienone is 9. The van der Waals surface area contributed by atoms with E-state index in [1.807, 2.05) is 18.2 Å². The lowest BCUT2D eigenvalue weighted by Gasteiger charge is -2.48. The summed E-state index contributed by atoms with van der Waals surface area (Å²) in [5.41, 5.74) is 0. The maximum atomic E-state index is 13.3. The first-order valence-electron chi connectivity index (χ1n) is 35.5. The number of nitrogens with one attached hydrogen (secondary N) is 1. The number of rotatable bonds is 54. The fourth-order valence-electron chi connectivity index (χ4n) is 11.9. The van der Waals surface area contributed by atoms with Crippen molar-refractivity contribution >= 4 is 5.91 Å². The molecule has 3 aliphatic rings. The standard InChI is InChI=1S/C71H127NO18/c1-3-5-7-9-11-13-15-17-18-19-20-21-22-23-24-25-26-27-28-29-30-31-32-33-34-35-37-38-40-42-44-46-48-55(76)54(72-59(77)49-47-45-43-41-39-36-16-14-12-10-8-6-4-2)53-85-69-65(83)62(80)67(57(51-74)87-69)90-71-66(84)63(81)68(58(52-75)88-71)89-70-64(82)61(79)60(78)56(50-73)86-70/h6,8,12,14,36,39,43,45-46,48,54-58,60-71,73-76,78-84H,3-5,7,9-11,13,15-35,37-38,40-42,44,47,49-53H2,1-2H3,(H,72,77)/b8-6-,14-12-,39-36-,45-43-,48-46+. The fraction of sp³-hybridized carbons (Fsp3) is 0.845. The number of amides is 1. The molecule has 0 spiro atoms. The molecular weight excluding hydrogens is 1150 g/mol. The van der Waals surface area contributed by atoms with Crippen molar-refractivity contribution in [3.8, 4) is 0 Å². The van der Waals surface area contributed by atoms with Crippen molar-refractivity contribution in [3.63, 3.8) is 0 Å². The maximum Gasteiger partial charge on any atom is 0.220 e. The summed E-state index contributed by atoms with van der Waals surface area (Å²) in [5.74, 6) is -0.355. The predicted octanol–water partition coefficient (Wildman–Crippen LogP) is 9.55. The quantitative estimate of drug-likeness (QED) is 0.0199. The zero-order valence-corrected chi connectivity index (χ0v) is 55.4. The van der Waals surface area contributed by atoms with E-state index in [1.54, 1.807) is 6.08 Å². The van der Waals surface area contributed by atoms with E-state index in [4.69, 9.17) is 28.4 Å². The van der Waals surface area contributed by atoms with Crippen LogP contribution in [0, 0.1) is 0 Å². The summed E-state index contributed by atoms with van der Waals surface area (Å²) in [6.45, 7) is 1.57. The Kier molecular flexibility index (Phi) is 47.9. The van der Waals surface area contributed by atoms with Crippen molar-refractivity contribution in [1.82, 2.24) is 5.32 Å². The first-order valence-corrected chi connectivity index (χ1v) is 35.5. The number of hydrogen-bond donors (Lipinski definition) is 12. The van der Waals surface area contributed by atoms with Gasteiger partial charge >= 0.3 is 0 Å². The Morgan fingerprint density at radius 2 is 0.767 bits per heavy atom. The van der Waals surface area contributed by atoms with Crippen LogP contribution in [0.5, 0.6) is 0 Å². The van der Waals surface area contributed by atoms with Crippen molar-refractivity contribution in [3.05, 3.63) is 60.8 Å². The average molecular weight is 1280 g/mol. The van der Waals surface area contributed by atoms with E-state index in [9.17, 15) is 61.0 Å². The Morgan fingerprint density at radius 1 is 0.411 bits per heavy atom. The lowest BCUT2D eigenvalue weighted by Crippen LogP contribution is -2.66. The second kappa shape index (κ2) is 52.7. The van der Waals surface area contributed by atoms with Crippen LogP contribution < -0.4 is 5.32 Å². The van der Waals surface area contributed by atoms with Gasteiger partial charge in [0.1, 0.15) is 73.2 Å². The van der Waals surface area contributed by atoms with Crippen molar-refractivity contribution in [2.75, 3.05) is 26.4 Å². The SMILES string of the molecule is CC/C=C\C/C=C\C/C=C\C/C=C\CCC(=O)NC(COC1OC(CO)C(OC2OC(CO)C(OC3OC(CO)C(O)C(O)C3O)C(O)C2O)C(O)C1O)C(O)/C=C/CCCCCCCCCCCCCCCCCCCCCCCCCCCCCCCC. The molecule has 0 aliphatic carbocycles. The highest BCUT2D eigenvalue weighted by Gasteiger charge is 2.53. The van der Waals surface area contributed by atoms with Gasteiger partial charge in [0.05, 0.1) is 38.6 Å². The number of unbranched alkanes of at least 4 members (excludes halogenated alkanes) is 30. The van der Waals surface area contributed by atoms with Crippen LogP contribution in [-0.4, -0.2) is 193 Å². The Balaban J connectivity index is 1.38. The van der Waals surface area contributed by atoms with Crippen molar-refractivity contribution < 1.29 is 89.4 Å². The molecule has 0 saturated carbocycles. The number of ether oxygens (including phenoxy) is 6. The third kappa shape index (κ3) is 34.2. The molecule has 1 amide bonds. The highest BCUT2D eigenvalue weighted by molar-refractivity contribution is 5.76. The summed E-state index contributed by atoms with van der Waals surface area (Å²) in [5, 5.41) is 120. The number of carbonyl (C=O) groups excluding carboxylic acids is 1. The smallest absolute Gasteiger partial charge is 0.220 e. The minimum Gasteiger partial charge on any atom is -0.394 e. The van der Waals surface area contributed by atoms with Gasteiger partial charge in [-0.15, -0.1) is 0 Å². The second-order valence-corrected chi connectivity index (χ2v) is 25.3. The molecule has 0 bridgehead atoms. The van der Waals surface area contributed by atoms with Gasteiger partial charge in [0.15, 0.2) is 18.9 Å². The number of carbonyl (C=O) groups is 1. The van der Waals surface area contributed by atoms with E-state index in [0.29, 0.717) is 12.8 Å². The molecular formula is C71H127NO18. The second-order valence-electron chi connectivity index (χ2n) is 25.3. The molecule has 3 rings (SSSR count). The Labute approximate surface area is 541 Å². The molecule has 0 aromatic heterocycles. The summed E-state index contributed by atoms with van der Waals surface area (Å²) in [7, 11) is 0. The summed E-state index contributed by atoms with van der Waals surface area (Å²) in [6, 6.07) is -1.01. The molecule has 90 heavy (non-hydrogen) atoms. The zero-order valence-electron chi connectivity index (χ0n) is 55.4. The van der Waals surface area contributed by atoms with Crippen LogP contribution in [0.2, 0.25) is 0 Å². The van der Waals surface area contributed by atoms with E-state index >= 15 is 0 Å². The predicted molar refractivity (Wildman–Crippen MR) is 351 cm³/mol. The molecule has 3 saturated heterocycles. The van der Waals surface area contributed by atoms with Crippen LogP contribution in [0.3, 0.4) is 0 Å². The summed E-state index contributed by atoms with van der Waals surface area (Å²) < 4.78 is 34.3. The zero-order chi connectivity index (χ0) is 65.4.